The Kier molecular flexibility index (Phi) is 6.16. The molecule has 0 aromatic heterocycles. The molecule has 1 aromatic carbocycles. The predicted octanol–water partition coefficient (Wildman–Crippen LogP) is 3.34. The molecule has 6 heteroatoms. The third-order valence-electron chi connectivity index (χ3n) is 4.26. The molecular weight excluding hydrogens is 338 g/mol. The highest BCUT2D eigenvalue weighted by Crippen LogP contribution is 2.27. The van der Waals surface area contributed by atoms with Crippen LogP contribution in [0.2, 0.25) is 0 Å². The van der Waals surface area contributed by atoms with Gasteiger partial charge in [-0.2, -0.15) is 0 Å². The zero-order valence-electron chi connectivity index (χ0n) is 14.8. The highest BCUT2D eigenvalue weighted by Gasteiger charge is 2.34. The first-order chi connectivity index (χ1) is 11.7. The molecule has 1 aromatic rings. The summed E-state index contributed by atoms with van der Waals surface area (Å²) >= 11 is 0. The van der Waals surface area contributed by atoms with Crippen molar-refractivity contribution >= 4 is 28.4 Å². The lowest BCUT2D eigenvalue weighted by molar-refractivity contribution is -0.146. The first-order valence-electron chi connectivity index (χ1n) is 8.34. The number of aliphatic carboxylic acids is 1. The molecular formula is C19H25NO4S. The molecule has 0 bridgehead atoms. The number of hydrogen-bond acceptors (Lipinski definition) is 3. The van der Waals surface area contributed by atoms with Gasteiger partial charge in [0.25, 0.3) is 0 Å². The second-order valence-electron chi connectivity index (χ2n) is 7.29. The largest absolute Gasteiger partial charge is 0.481 e. The van der Waals surface area contributed by atoms with Gasteiger partial charge in [-0.15, -0.1) is 0 Å². The van der Waals surface area contributed by atoms with Crippen LogP contribution in [0.25, 0.3) is 0 Å². The summed E-state index contributed by atoms with van der Waals surface area (Å²) in [5, 5.41) is 12.1. The van der Waals surface area contributed by atoms with Crippen LogP contribution in [0.5, 0.6) is 0 Å². The normalized spacial score (nSPS) is 21.6. The van der Waals surface area contributed by atoms with Gasteiger partial charge in [-0.3, -0.25) is 13.8 Å². The minimum Gasteiger partial charge on any atom is -0.481 e. The molecule has 0 radical (unpaired) electrons. The number of allylic oxidation sites excluding steroid dienone is 2. The van der Waals surface area contributed by atoms with Gasteiger partial charge in [0.15, 0.2) is 0 Å². The number of hydrogen-bond donors (Lipinski definition) is 2. The van der Waals surface area contributed by atoms with Crippen molar-refractivity contribution in [3.05, 3.63) is 42.0 Å². The van der Waals surface area contributed by atoms with Crippen LogP contribution in [0.3, 0.4) is 0 Å². The molecule has 1 aliphatic carbocycles. The standard InChI is InChI=1S/C19H25NO4S/c1-19(2,3)25(24)12-13-7-6-8-14(11-13)20-17(21)15-9-4-5-10-16(15)18(22)23/h4-8,11,15-16H,9-10,12H2,1-3H3,(H,20,21)(H,22,23)/t15-,16+,25?/m1/s1. The molecule has 2 N–H and O–H groups in total. The average molecular weight is 363 g/mol. The molecule has 136 valence electrons. The van der Waals surface area contributed by atoms with Crippen molar-refractivity contribution < 1.29 is 18.9 Å². The molecule has 1 aliphatic rings. The van der Waals surface area contributed by atoms with Gasteiger partial charge in [-0.05, 0) is 51.3 Å². The van der Waals surface area contributed by atoms with Crippen molar-refractivity contribution in [3.8, 4) is 0 Å². The summed E-state index contributed by atoms with van der Waals surface area (Å²) in [5.41, 5.74) is 1.48. The van der Waals surface area contributed by atoms with Crippen molar-refractivity contribution in [1.29, 1.82) is 0 Å². The Morgan fingerprint density at radius 1 is 1.20 bits per heavy atom. The number of carboxylic acid groups (broad SMARTS) is 1. The Bertz CT molecular complexity index is 706. The van der Waals surface area contributed by atoms with Crippen LogP contribution in [0.15, 0.2) is 36.4 Å². The van der Waals surface area contributed by atoms with Gasteiger partial charge in [-0.1, -0.05) is 24.3 Å². The minimum absolute atomic E-state index is 0.286. The molecule has 0 spiro atoms. The van der Waals surface area contributed by atoms with Crippen LogP contribution in [-0.4, -0.2) is 25.9 Å². The molecule has 0 heterocycles. The summed E-state index contributed by atoms with van der Waals surface area (Å²) < 4.78 is 12.0. The number of amides is 1. The Morgan fingerprint density at radius 3 is 2.44 bits per heavy atom. The molecule has 0 saturated carbocycles. The average Bonchev–Trinajstić information content (AvgIpc) is 2.54. The van der Waals surface area contributed by atoms with E-state index in [1.54, 1.807) is 18.2 Å². The van der Waals surface area contributed by atoms with Crippen molar-refractivity contribution in [2.24, 2.45) is 11.8 Å². The monoisotopic (exact) mass is 363 g/mol. The lowest BCUT2D eigenvalue weighted by Crippen LogP contribution is -2.34. The summed E-state index contributed by atoms with van der Waals surface area (Å²) in [6.07, 6.45) is 4.46. The lowest BCUT2D eigenvalue weighted by atomic mass is 9.82. The van der Waals surface area contributed by atoms with Crippen molar-refractivity contribution in [2.75, 3.05) is 5.32 Å². The summed E-state index contributed by atoms with van der Waals surface area (Å²) in [6, 6.07) is 7.24. The SMILES string of the molecule is CC(C)(C)S(=O)Cc1cccc(NC(=O)[C@@H]2CC=CC[C@@H]2C(=O)O)c1. The zero-order chi connectivity index (χ0) is 18.6. The topological polar surface area (TPSA) is 83.5 Å². The van der Waals surface area contributed by atoms with Gasteiger partial charge in [-0.25, -0.2) is 0 Å². The van der Waals surface area contributed by atoms with Crippen LogP contribution >= 0.6 is 0 Å². The third-order valence-corrected chi connectivity index (χ3v) is 6.22. The Morgan fingerprint density at radius 2 is 1.84 bits per heavy atom. The fourth-order valence-electron chi connectivity index (χ4n) is 2.72. The van der Waals surface area contributed by atoms with Gasteiger partial charge in [0.2, 0.25) is 5.91 Å². The first kappa shape index (κ1) is 19.4. The van der Waals surface area contributed by atoms with E-state index in [1.165, 1.54) is 0 Å². The number of anilines is 1. The fourth-order valence-corrected chi connectivity index (χ4v) is 3.63. The summed E-state index contributed by atoms with van der Waals surface area (Å²) in [7, 11) is -1.03. The second-order valence-corrected chi connectivity index (χ2v) is 9.49. The predicted molar refractivity (Wildman–Crippen MR) is 99.7 cm³/mol. The summed E-state index contributed by atoms with van der Waals surface area (Å²) in [6.45, 7) is 5.78. The van der Waals surface area contributed by atoms with Crippen LogP contribution in [0.1, 0.15) is 39.2 Å². The number of rotatable bonds is 5. The zero-order valence-corrected chi connectivity index (χ0v) is 15.6. The Labute approximate surface area is 151 Å². The molecule has 5 nitrogen and oxygen atoms in total. The number of carbonyl (C=O) groups is 2. The highest BCUT2D eigenvalue weighted by molar-refractivity contribution is 7.85. The van der Waals surface area contributed by atoms with Gasteiger partial charge in [0.1, 0.15) is 0 Å². The first-order valence-corrected chi connectivity index (χ1v) is 9.66. The molecule has 0 saturated heterocycles. The second kappa shape index (κ2) is 7.95. The molecule has 0 aliphatic heterocycles. The van der Waals surface area contributed by atoms with Crippen molar-refractivity contribution in [3.63, 3.8) is 0 Å². The van der Waals surface area contributed by atoms with Crippen LogP contribution in [-0.2, 0) is 26.1 Å². The van der Waals surface area contributed by atoms with Crippen molar-refractivity contribution in [1.82, 2.24) is 0 Å². The minimum atomic E-state index is -1.03. The molecule has 3 atom stereocenters. The Balaban J connectivity index is 2.08. The fraction of sp³-hybridized carbons (Fsp3) is 0.474. The maximum Gasteiger partial charge on any atom is 0.307 e. The molecule has 1 unspecified atom stereocenters. The quantitative estimate of drug-likeness (QED) is 0.786. The van der Waals surface area contributed by atoms with Crippen molar-refractivity contribution in [2.45, 2.75) is 44.1 Å². The van der Waals surface area contributed by atoms with E-state index in [9.17, 15) is 18.9 Å². The molecule has 1 amide bonds. The molecule has 2 rings (SSSR count). The smallest absolute Gasteiger partial charge is 0.307 e. The highest BCUT2D eigenvalue weighted by atomic mass is 32.2. The van der Waals surface area contributed by atoms with E-state index < -0.39 is 28.6 Å². The molecule has 25 heavy (non-hydrogen) atoms. The van der Waals surface area contributed by atoms with E-state index in [-0.39, 0.29) is 10.7 Å². The van der Waals surface area contributed by atoms with Crippen LogP contribution in [0.4, 0.5) is 5.69 Å². The van der Waals surface area contributed by atoms with E-state index in [2.05, 4.69) is 5.32 Å². The summed E-state index contributed by atoms with van der Waals surface area (Å²) in [4.78, 5) is 23.9. The van der Waals surface area contributed by atoms with Crippen LogP contribution in [0, 0.1) is 11.8 Å². The van der Waals surface area contributed by atoms with E-state index in [0.29, 0.717) is 24.3 Å². The van der Waals surface area contributed by atoms with Gasteiger partial charge < -0.3 is 10.4 Å². The Hall–Kier alpha value is -1.95. The van der Waals surface area contributed by atoms with E-state index in [4.69, 9.17) is 0 Å². The number of nitrogens with one attached hydrogen (secondary N) is 1. The van der Waals surface area contributed by atoms with E-state index in [1.807, 2.05) is 39.0 Å². The van der Waals surface area contributed by atoms with Crippen LogP contribution < -0.4 is 5.32 Å². The molecule has 0 fully saturated rings. The summed E-state index contributed by atoms with van der Waals surface area (Å²) in [5.74, 6) is -2.09. The maximum atomic E-state index is 12.5. The van der Waals surface area contributed by atoms with Gasteiger partial charge in [0.05, 0.1) is 11.8 Å². The number of benzene rings is 1. The van der Waals surface area contributed by atoms with E-state index in [0.717, 1.165) is 5.56 Å². The van der Waals surface area contributed by atoms with Gasteiger partial charge in [0, 0.05) is 27.0 Å². The third kappa shape index (κ3) is 5.26. The van der Waals surface area contributed by atoms with E-state index >= 15 is 0 Å². The number of carbonyl (C=O) groups excluding carboxylic acids is 1. The van der Waals surface area contributed by atoms with Gasteiger partial charge >= 0.3 is 5.97 Å². The lowest BCUT2D eigenvalue weighted by Gasteiger charge is -2.24. The maximum absolute atomic E-state index is 12.5. The number of carboxylic acids is 1.